The summed E-state index contributed by atoms with van der Waals surface area (Å²) >= 11 is 0. The first-order chi connectivity index (χ1) is 16.0. The minimum absolute atomic E-state index is 0.120. The number of aromatic hydroxyl groups is 2. The van der Waals surface area contributed by atoms with Crippen molar-refractivity contribution in [2.75, 3.05) is 13.2 Å². The van der Waals surface area contributed by atoms with Crippen molar-refractivity contribution in [3.05, 3.63) is 23.8 Å². The van der Waals surface area contributed by atoms with Crippen molar-refractivity contribution in [1.29, 1.82) is 0 Å². The normalized spacial score (nSPS) is 29.9. The molecule has 8 nitrogen and oxygen atoms in total. The van der Waals surface area contributed by atoms with Crippen LogP contribution in [0.1, 0.15) is 70.2 Å². The number of ether oxygens (including phenoxy) is 1. The van der Waals surface area contributed by atoms with Gasteiger partial charge in [-0.15, -0.1) is 0 Å². The van der Waals surface area contributed by atoms with Gasteiger partial charge in [0.1, 0.15) is 12.1 Å². The molecule has 186 valence electrons. The van der Waals surface area contributed by atoms with Gasteiger partial charge in [-0.1, -0.05) is 20.8 Å². The van der Waals surface area contributed by atoms with Gasteiger partial charge in [-0.25, -0.2) is 4.79 Å². The van der Waals surface area contributed by atoms with E-state index in [0.717, 1.165) is 12.5 Å². The number of rotatable bonds is 7. The van der Waals surface area contributed by atoms with E-state index in [1.165, 1.54) is 29.9 Å². The largest absolute Gasteiger partial charge is 0.504 e. The molecule has 3 aliphatic rings. The summed E-state index contributed by atoms with van der Waals surface area (Å²) in [6, 6.07) is 2.21. The van der Waals surface area contributed by atoms with Crippen LogP contribution in [0.2, 0.25) is 0 Å². The maximum atomic E-state index is 13.0. The van der Waals surface area contributed by atoms with E-state index in [2.05, 4.69) is 26.1 Å². The van der Waals surface area contributed by atoms with Crippen LogP contribution in [0, 0.1) is 22.7 Å². The van der Waals surface area contributed by atoms with Gasteiger partial charge in [0.2, 0.25) is 5.91 Å². The summed E-state index contributed by atoms with van der Waals surface area (Å²) in [6.07, 6.45) is 4.54. The molecule has 1 aromatic carbocycles. The number of nitrogens with zero attached hydrogens (tertiary/aromatic N) is 1. The minimum atomic E-state index is -0.856. The van der Waals surface area contributed by atoms with Gasteiger partial charge in [0.15, 0.2) is 11.5 Å². The maximum absolute atomic E-state index is 13.0. The first-order valence-electron chi connectivity index (χ1n) is 12.3. The van der Waals surface area contributed by atoms with Crippen LogP contribution < -0.4 is 5.32 Å². The molecule has 4 rings (SSSR count). The number of carbonyl (C=O) groups excluding carboxylic acids is 3. The number of fused-ring (bicyclic) bond motifs is 1. The van der Waals surface area contributed by atoms with Crippen molar-refractivity contribution in [1.82, 2.24) is 10.2 Å². The Labute approximate surface area is 200 Å². The van der Waals surface area contributed by atoms with E-state index in [1.54, 1.807) is 6.92 Å². The van der Waals surface area contributed by atoms with Crippen LogP contribution in [0.3, 0.4) is 0 Å². The Morgan fingerprint density at radius 1 is 1.18 bits per heavy atom. The third-order valence-corrected chi connectivity index (χ3v) is 8.85. The van der Waals surface area contributed by atoms with Gasteiger partial charge in [0.25, 0.3) is 5.91 Å². The minimum Gasteiger partial charge on any atom is -0.504 e. The molecule has 1 aliphatic heterocycles. The first kappa shape index (κ1) is 24.4. The summed E-state index contributed by atoms with van der Waals surface area (Å²) in [7, 11) is 0. The Morgan fingerprint density at radius 2 is 1.91 bits per heavy atom. The molecule has 1 aromatic rings. The number of phenolic OH excluding ortho intramolecular Hbond substituents is 2. The molecule has 2 amide bonds. The predicted molar refractivity (Wildman–Crippen MR) is 125 cm³/mol. The number of nitrogens with one attached hydrogen (secondary N) is 1. The second kappa shape index (κ2) is 8.78. The van der Waals surface area contributed by atoms with Crippen molar-refractivity contribution in [2.45, 2.75) is 71.9 Å². The fraction of sp³-hybridized carbons (Fsp3) is 0.654. The first-order valence-corrected chi connectivity index (χ1v) is 12.3. The van der Waals surface area contributed by atoms with Gasteiger partial charge in [0.05, 0.1) is 6.61 Å². The second-order valence-electron chi connectivity index (χ2n) is 11.0. The zero-order valence-corrected chi connectivity index (χ0v) is 20.5. The summed E-state index contributed by atoms with van der Waals surface area (Å²) in [4.78, 5) is 39.7. The molecule has 3 fully saturated rings. The SMILES string of the molecule is CC(NC(=O)c1ccc(O)c(O)c1)C(=O)N1CCCC1C(=O)OCCC1CCC2(C)C1C2(C)C. The van der Waals surface area contributed by atoms with Crippen molar-refractivity contribution in [2.24, 2.45) is 22.7 Å². The lowest BCUT2D eigenvalue weighted by Gasteiger charge is -2.27. The predicted octanol–water partition coefficient (Wildman–Crippen LogP) is 3.21. The number of amides is 2. The van der Waals surface area contributed by atoms with Crippen LogP contribution in [-0.4, -0.2) is 58.1 Å². The molecule has 1 heterocycles. The van der Waals surface area contributed by atoms with Crippen molar-refractivity contribution in [3.63, 3.8) is 0 Å². The van der Waals surface area contributed by atoms with E-state index < -0.39 is 23.7 Å². The Balaban J connectivity index is 1.28. The number of likely N-dealkylation sites (tertiary alicyclic amines) is 1. The smallest absolute Gasteiger partial charge is 0.328 e. The highest BCUT2D eigenvalue weighted by molar-refractivity contribution is 5.98. The molecule has 0 aromatic heterocycles. The van der Waals surface area contributed by atoms with Gasteiger partial charge >= 0.3 is 5.97 Å². The quantitative estimate of drug-likeness (QED) is 0.415. The van der Waals surface area contributed by atoms with E-state index in [9.17, 15) is 24.6 Å². The average Bonchev–Trinajstić information content (AvgIpc) is 3.21. The van der Waals surface area contributed by atoms with E-state index in [-0.39, 0.29) is 23.2 Å². The Hall–Kier alpha value is -2.77. The summed E-state index contributed by atoms with van der Waals surface area (Å²) < 4.78 is 5.62. The summed E-state index contributed by atoms with van der Waals surface area (Å²) in [6.45, 7) is 9.42. The number of esters is 1. The van der Waals surface area contributed by atoms with Gasteiger partial charge in [-0.2, -0.15) is 0 Å². The monoisotopic (exact) mass is 472 g/mol. The summed E-state index contributed by atoms with van der Waals surface area (Å²) in [5.41, 5.74) is 0.915. The van der Waals surface area contributed by atoms with Crippen LogP contribution in [0.4, 0.5) is 0 Å². The maximum Gasteiger partial charge on any atom is 0.328 e. The number of hydrogen-bond acceptors (Lipinski definition) is 6. The Kier molecular flexibility index (Phi) is 6.29. The molecule has 8 heteroatoms. The van der Waals surface area contributed by atoms with Gasteiger partial charge in [-0.3, -0.25) is 9.59 Å². The highest BCUT2D eigenvalue weighted by Gasteiger charge is 2.72. The second-order valence-corrected chi connectivity index (χ2v) is 11.0. The fourth-order valence-corrected chi connectivity index (χ4v) is 6.61. The summed E-state index contributed by atoms with van der Waals surface area (Å²) in [5, 5.41) is 21.6. The summed E-state index contributed by atoms with van der Waals surface area (Å²) in [5.74, 6) is -0.734. The molecule has 3 N–H and O–H groups in total. The lowest BCUT2D eigenvalue weighted by atomic mass is 9.88. The molecule has 5 unspecified atom stereocenters. The third-order valence-electron chi connectivity index (χ3n) is 8.85. The molecular weight excluding hydrogens is 436 g/mol. The molecule has 0 spiro atoms. The van der Waals surface area contributed by atoms with Gasteiger partial charge < -0.3 is 25.2 Å². The lowest BCUT2D eigenvalue weighted by molar-refractivity contribution is -0.154. The molecule has 0 radical (unpaired) electrons. The number of phenols is 2. The molecule has 0 bridgehead atoms. The van der Waals surface area contributed by atoms with Gasteiger partial charge in [0, 0.05) is 12.1 Å². The van der Waals surface area contributed by atoms with Crippen LogP contribution in [-0.2, 0) is 14.3 Å². The van der Waals surface area contributed by atoms with Crippen LogP contribution in [0.5, 0.6) is 11.5 Å². The van der Waals surface area contributed by atoms with Crippen molar-refractivity contribution >= 4 is 17.8 Å². The molecular formula is C26H36N2O6. The Morgan fingerprint density at radius 3 is 2.56 bits per heavy atom. The molecule has 1 saturated heterocycles. The van der Waals surface area contributed by atoms with Crippen LogP contribution >= 0.6 is 0 Å². The van der Waals surface area contributed by atoms with E-state index in [4.69, 9.17) is 4.74 Å². The van der Waals surface area contributed by atoms with Crippen LogP contribution in [0.25, 0.3) is 0 Å². The third kappa shape index (κ3) is 4.12. The standard InChI is InChI=1S/C26H36N2O6/c1-15(27-22(31)17-7-8-19(29)20(30)14-17)23(32)28-12-5-6-18(28)24(33)34-13-10-16-9-11-26(4)21(16)25(26,2)3/h7-8,14-16,18,21,29-30H,5-6,9-13H2,1-4H3,(H,27,31). The lowest BCUT2D eigenvalue weighted by Crippen LogP contribution is -2.50. The molecule has 2 saturated carbocycles. The molecule has 2 aliphatic carbocycles. The van der Waals surface area contributed by atoms with E-state index >= 15 is 0 Å². The average molecular weight is 473 g/mol. The highest BCUT2D eigenvalue weighted by Crippen LogP contribution is 2.78. The molecule has 5 atom stereocenters. The van der Waals surface area contributed by atoms with Crippen molar-refractivity contribution in [3.8, 4) is 11.5 Å². The molecule has 34 heavy (non-hydrogen) atoms. The zero-order valence-electron chi connectivity index (χ0n) is 20.5. The van der Waals surface area contributed by atoms with E-state index in [0.29, 0.717) is 48.7 Å². The zero-order chi connectivity index (χ0) is 24.8. The van der Waals surface area contributed by atoms with Crippen molar-refractivity contribution < 1.29 is 29.3 Å². The fourth-order valence-electron chi connectivity index (χ4n) is 6.61. The number of hydrogen-bond donors (Lipinski definition) is 3. The number of carbonyl (C=O) groups is 3. The van der Waals surface area contributed by atoms with Gasteiger partial charge in [-0.05, 0) is 79.9 Å². The highest BCUT2D eigenvalue weighted by atomic mass is 16.5. The number of benzene rings is 1. The van der Waals surface area contributed by atoms with E-state index in [1.807, 2.05) is 0 Å². The van der Waals surface area contributed by atoms with Crippen LogP contribution in [0.15, 0.2) is 18.2 Å². The topological polar surface area (TPSA) is 116 Å². The Bertz CT molecular complexity index is 992.